The molecule has 0 bridgehead atoms. The molecule has 1 aliphatic heterocycles. The van der Waals surface area contributed by atoms with Crippen molar-refractivity contribution in [1.29, 1.82) is 0 Å². The SMILES string of the molecule is CC(C)CCNC(=S)NNC(=O)C[C@@H]1Sc2ccccc2NC1=O. The molecule has 1 atom stereocenters. The molecule has 1 aromatic rings. The molecule has 24 heavy (non-hydrogen) atoms. The van der Waals surface area contributed by atoms with Crippen LogP contribution in [0.4, 0.5) is 5.69 Å². The maximum atomic E-state index is 12.1. The molecule has 0 unspecified atom stereocenters. The first-order chi connectivity index (χ1) is 11.5. The third-order valence-electron chi connectivity index (χ3n) is 3.40. The Bertz CT molecular complexity index is 622. The zero-order chi connectivity index (χ0) is 17.5. The highest BCUT2D eigenvalue weighted by Crippen LogP contribution is 2.36. The molecule has 0 aromatic heterocycles. The number of benzene rings is 1. The van der Waals surface area contributed by atoms with E-state index in [1.807, 2.05) is 24.3 Å². The predicted octanol–water partition coefficient (Wildman–Crippen LogP) is 2.03. The van der Waals surface area contributed by atoms with Crippen LogP contribution in [-0.2, 0) is 9.59 Å². The molecule has 130 valence electrons. The summed E-state index contributed by atoms with van der Waals surface area (Å²) in [5, 5.41) is 5.75. The van der Waals surface area contributed by atoms with Crippen LogP contribution in [0, 0.1) is 5.92 Å². The van der Waals surface area contributed by atoms with Gasteiger partial charge < -0.3 is 10.6 Å². The van der Waals surface area contributed by atoms with Gasteiger partial charge in [0.05, 0.1) is 10.9 Å². The van der Waals surface area contributed by atoms with Crippen LogP contribution in [0.25, 0.3) is 0 Å². The van der Waals surface area contributed by atoms with Crippen LogP contribution in [0.1, 0.15) is 26.7 Å². The molecule has 0 saturated carbocycles. The molecule has 4 N–H and O–H groups in total. The summed E-state index contributed by atoms with van der Waals surface area (Å²) in [5.74, 6) is 0.140. The molecule has 1 heterocycles. The number of fused-ring (bicyclic) bond motifs is 1. The Morgan fingerprint density at radius 1 is 1.33 bits per heavy atom. The summed E-state index contributed by atoms with van der Waals surface area (Å²) >= 11 is 6.48. The van der Waals surface area contributed by atoms with Crippen molar-refractivity contribution in [1.82, 2.24) is 16.2 Å². The first-order valence-corrected chi connectivity index (χ1v) is 9.13. The normalized spacial score (nSPS) is 16.1. The number of hydrazine groups is 1. The average Bonchev–Trinajstić information content (AvgIpc) is 2.53. The largest absolute Gasteiger partial charge is 0.361 e. The highest BCUT2D eigenvalue weighted by molar-refractivity contribution is 8.01. The second-order valence-corrected chi connectivity index (χ2v) is 7.56. The van der Waals surface area contributed by atoms with E-state index in [2.05, 4.69) is 35.3 Å². The minimum Gasteiger partial charge on any atom is -0.361 e. The molecule has 0 aliphatic carbocycles. The Kier molecular flexibility index (Phi) is 6.86. The van der Waals surface area contributed by atoms with Gasteiger partial charge in [0.2, 0.25) is 11.8 Å². The lowest BCUT2D eigenvalue weighted by atomic mass is 10.1. The fourth-order valence-electron chi connectivity index (χ4n) is 2.09. The molecule has 2 amide bonds. The van der Waals surface area contributed by atoms with Gasteiger partial charge in [-0.2, -0.15) is 0 Å². The summed E-state index contributed by atoms with van der Waals surface area (Å²) < 4.78 is 0. The lowest BCUT2D eigenvalue weighted by Crippen LogP contribution is -2.48. The lowest BCUT2D eigenvalue weighted by Gasteiger charge is -2.23. The quantitative estimate of drug-likeness (QED) is 0.472. The predicted molar refractivity (Wildman–Crippen MR) is 101 cm³/mol. The van der Waals surface area contributed by atoms with Crippen LogP contribution in [0.15, 0.2) is 29.2 Å². The number of para-hydroxylation sites is 1. The van der Waals surface area contributed by atoms with Gasteiger partial charge in [-0.05, 0) is 36.7 Å². The number of nitrogens with one attached hydrogen (secondary N) is 4. The van der Waals surface area contributed by atoms with Gasteiger partial charge in [0.1, 0.15) is 0 Å². The van der Waals surface area contributed by atoms with Gasteiger partial charge in [0, 0.05) is 17.9 Å². The minimum absolute atomic E-state index is 0.0758. The molecule has 6 nitrogen and oxygen atoms in total. The molecule has 0 radical (unpaired) electrons. The first-order valence-electron chi connectivity index (χ1n) is 7.85. The number of rotatable bonds is 5. The Balaban J connectivity index is 1.75. The van der Waals surface area contributed by atoms with Crippen LogP contribution < -0.4 is 21.5 Å². The monoisotopic (exact) mass is 366 g/mol. The van der Waals surface area contributed by atoms with Crippen molar-refractivity contribution in [3.63, 3.8) is 0 Å². The number of carbonyl (C=O) groups is 2. The van der Waals surface area contributed by atoms with Gasteiger partial charge in [-0.1, -0.05) is 26.0 Å². The van der Waals surface area contributed by atoms with Crippen molar-refractivity contribution in [2.45, 2.75) is 36.8 Å². The van der Waals surface area contributed by atoms with Crippen molar-refractivity contribution < 1.29 is 9.59 Å². The second kappa shape index (κ2) is 8.89. The second-order valence-electron chi connectivity index (χ2n) is 5.91. The van der Waals surface area contributed by atoms with E-state index < -0.39 is 5.25 Å². The number of thioether (sulfide) groups is 1. The van der Waals surface area contributed by atoms with Gasteiger partial charge in [-0.25, -0.2) is 0 Å². The third-order valence-corrected chi connectivity index (χ3v) is 4.92. The molecular formula is C16H22N4O2S2. The summed E-state index contributed by atoms with van der Waals surface area (Å²) in [4.78, 5) is 25.0. The third kappa shape index (κ3) is 5.68. The van der Waals surface area contributed by atoms with Crippen molar-refractivity contribution in [3.05, 3.63) is 24.3 Å². The van der Waals surface area contributed by atoms with Crippen LogP contribution in [0.5, 0.6) is 0 Å². The van der Waals surface area contributed by atoms with E-state index in [4.69, 9.17) is 12.2 Å². The number of anilines is 1. The molecule has 2 rings (SSSR count). The van der Waals surface area contributed by atoms with Gasteiger partial charge >= 0.3 is 0 Å². The molecule has 1 aliphatic rings. The summed E-state index contributed by atoms with van der Waals surface area (Å²) in [6.07, 6.45) is 1.07. The van der Waals surface area contributed by atoms with Crippen LogP contribution in [0.2, 0.25) is 0 Å². The van der Waals surface area contributed by atoms with Crippen LogP contribution in [-0.4, -0.2) is 28.7 Å². The minimum atomic E-state index is -0.454. The lowest BCUT2D eigenvalue weighted by molar-refractivity contribution is -0.124. The Morgan fingerprint density at radius 2 is 2.08 bits per heavy atom. The van der Waals surface area contributed by atoms with Gasteiger partial charge in [0.15, 0.2) is 5.11 Å². The summed E-state index contributed by atoms with van der Waals surface area (Å²) in [5.41, 5.74) is 5.98. The fraction of sp³-hybridized carbons (Fsp3) is 0.438. The van der Waals surface area contributed by atoms with Crippen molar-refractivity contribution in [3.8, 4) is 0 Å². The van der Waals surface area contributed by atoms with Crippen molar-refractivity contribution >= 4 is 46.6 Å². The van der Waals surface area contributed by atoms with E-state index >= 15 is 0 Å². The summed E-state index contributed by atoms with van der Waals surface area (Å²) in [6, 6.07) is 7.54. The Morgan fingerprint density at radius 3 is 2.83 bits per heavy atom. The van der Waals surface area contributed by atoms with Gasteiger partial charge in [0.25, 0.3) is 0 Å². The highest BCUT2D eigenvalue weighted by atomic mass is 32.2. The molecule has 0 spiro atoms. The van der Waals surface area contributed by atoms with E-state index in [1.54, 1.807) is 0 Å². The number of thiocarbonyl (C=S) groups is 1. The zero-order valence-electron chi connectivity index (χ0n) is 13.7. The molecule has 8 heteroatoms. The summed E-state index contributed by atoms with van der Waals surface area (Å²) in [7, 11) is 0. The number of hydrogen-bond acceptors (Lipinski definition) is 4. The van der Waals surface area contributed by atoms with E-state index in [0.717, 1.165) is 23.5 Å². The van der Waals surface area contributed by atoms with E-state index in [1.165, 1.54) is 11.8 Å². The standard InChI is InChI=1S/C16H22N4O2S2/c1-10(2)7-8-17-16(23)20-19-14(21)9-13-15(22)18-11-5-3-4-6-12(11)24-13/h3-6,10,13H,7-9H2,1-2H3,(H,18,22)(H,19,21)(H2,17,20,23)/t13-/m0/s1. The van der Waals surface area contributed by atoms with Gasteiger partial charge in [-0.3, -0.25) is 20.4 Å². The smallest absolute Gasteiger partial charge is 0.240 e. The zero-order valence-corrected chi connectivity index (χ0v) is 15.4. The molecular weight excluding hydrogens is 344 g/mol. The van der Waals surface area contributed by atoms with Crippen LogP contribution in [0.3, 0.4) is 0 Å². The number of carbonyl (C=O) groups excluding carboxylic acids is 2. The maximum absolute atomic E-state index is 12.1. The average molecular weight is 367 g/mol. The molecule has 0 fully saturated rings. The highest BCUT2D eigenvalue weighted by Gasteiger charge is 2.28. The number of amides is 2. The summed E-state index contributed by atoms with van der Waals surface area (Å²) in [6.45, 7) is 5.01. The van der Waals surface area contributed by atoms with E-state index in [-0.39, 0.29) is 18.2 Å². The first kappa shape index (κ1) is 18.5. The topological polar surface area (TPSA) is 82.3 Å². The van der Waals surface area contributed by atoms with E-state index in [9.17, 15) is 9.59 Å². The molecule has 1 aromatic carbocycles. The van der Waals surface area contributed by atoms with Crippen molar-refractivity contribution in [2.24, 2.45) is 5.92 Å². The fourth-order valence-corrected chi connectivity index (χ4v) is 3.35. The van der Waals surface area contributed by atoms with Crippen LogP contribution >= 0.6 is 24.0 Å². The number of hydrogen-bond donors (Lipinski definition) is 4. The van der Waals surface area contributed by atoms with E-state index in [0.29, 0.717) is 11.0 Å². The maximum Gasteiger partial charge on any atom is 0.240 e. The Hall–Kier alpha value is -1.80. The molecule has 0 saturated heterocycles. The Labute approximate surface area is 151 Å². The van der Waals surface area contributed by atoms with Crippen molar-refractivity contribution in [2.75, 3.05) is 11.9 Å². The van der Waals surface area contributed by atoms with Gasteiger partial charge in [-0.15, -0.1) is 11.8 Å².